The second-order valence-electron chi connectivity index (χ2n) is 6.52. The highest BCUT2D eigenvalue weighted by atomic mass is 32.2. The number of nitrogens with two attached hydrogens (primary N) is 1. The minimum absolute atomic E-state index is 0.0506. The molecule has 8 nitrogen and oxygen atoms in total. The maximum atomic E-state index is 11.3. The Morgan fingerprint density at radius 2 is 1.74 bits per heavy atom. The molecule has 1 aromatic carbocycles. The minimum Gasteiger partial charge on any atom is -0.324 e. The summed E-state index contributed by atoms with van der Waals surface area (Å²) in [5, 5.41) is 8.20. The van der Waals surface area contributed by atoms with E-state index in [-0.39, 0.29) is 10.9 Å². The fraction of sp³-hybridized carbons (Fsp3) is 0.278. The molecule has 2 heterocycles. The van der Waals surface area contributed by atoms with E-state index in [9.17, 15) is 8.42 Å². The molecule has 3 N–H and O–H groups in total. The van der Waals surface area contributed by atoms with Crippen molar-refractivity contribution in [3.05, 3.63) is 48.0 Å². The van der Waals surface area contributed by atoms with Gasteiger partial charge in [0.2, 0.25) is 16.0 Å². The molecule has 0 aliphatic rings. The molecule has 0 saturated carbocycles. The summed E-state index contributed by atoms with van der Waals surface area (Å²) in [6.07, 6.45) is 1.68. The number of primary sulfonamides is 1. The Bertz CT molecular complexity index is 1070. The van der Waals surface area contributed by atoms with Crippen molar-refractivity contribution in [3.8, 4) is 11.4 Å². The lowest BCUT2D eigenvalue weighted by Crippen LogP contribution is -2.11. The Labute approximate surface area is 158 Å². The van der Waals surface area contributed by atoms with Crippen molar-refractivity contribution in [2.45, 2.75) is 38.6 Å². The van der Waals surface area contributed by atoms with E-state index in [0.717, 1.165) is 22.9 Å². The van der Waals surface area contributed by atoms with Crippen LogP contribution >= 0.6 is 0 Å². The quantitative estimate of drug-likeness (QED) is 0.696. The van der Waals surface area contributed by atoms with E-state index in [1.54, 1.807) is 18.3 Å². The van der Waals surface area contributed by atoms with Gasteiger partial charge < -0.3 is 9.88 Å². The Hall–Kier alpha value is -2.78. The molecule has 0 aliphatic carbocycles. The van der Waals surface area contributed by atoms with Gasteiger partial charge in [0.15, 0.2) is 0 Å². The Morgan fingerprint density at radius 3 is 2.33 bits per heavy atom. The number of aromatic nitrogens is 4. The maximum Gasteiger partial charge on any atom is 0.238 e. The zero-order valence-corrected chi connectivity index (χ0v) is 16.4. The van der Waals surface area contributed by atoms with Crippen LogP contribution < -0.4 is 10.5 Å². The van der Waals surface area contributed by atoms with Crippen LogP contribution in [-0.4, -0.2) is 27.9 Å². The van der Waals surface area contributed by atoms with Crippen molar-refractivity contribution in [3.63, 3.8) is 0 Å². The van der Waals surface area contributed by atoms with Crippen LogP contribution in [0.4, 0.5) is 11.6 Å². The number of anilines is 2. The van der Waals surface area contributed by atoms with Crippen molar-refractivity contribution in [2.24, 2.45) is 5.14 Å². The standard InChI is InChI=1S/C18H22N6O2S/c1-11(2)24-13(4)21-12(3)17(24)16-9-10-20-18(23-16)22-14-5-7-15(8-6-14)27(19,25)26/h5-11H,1-4H3,(H2,19,25,26)(H,20,22,23). The van der Waals surface area contributed by atoms with Crippen LogP contribution in [0, 0.1) is 13.8 Å². The fourth-order valence-corrected chi connectivity index (χ4v) is 3.55. The zero-order chi connectivity index (χ0) is 19.8. The molecule has 9 heteroatoms. The first-order valence-corrected chi connectivity index (χ1v) is 10.00. The van der Waals surface area contributed by atoms with Gasteiger partial charge in [-0.3, -0.25) is 0 Å². The van der Waals surface area contributed by atoms with Gasteiger partial charge in [-0.15, -0.1) is 0 Å². The third-order valence-electron chi connectivity index (χ3n) is 4.12. The van der Waals surface area contributed by atoms with Crippen molar-refractivity contribution in [1.82, 2.24) is 19.5 Å². The SMILES string of the molecule is Cc1nc(C)n(C(C)C)c1-c1ccnc(Nc2ccc(S(N)(=O)=O)cc2)n1. The van der Waals surface area contributed by atoms with E-state index in [4.69, 9.17) is 5.14 Å². The predicted molar refractivity (Wildman–Crippen MR) is 104 cm³/mol. The molecule has 0 bridgehead atoms. The molecule has 0 amide bonds. The number of aryl methyl sites for hydroxylation is 2. The summed E-state index contributed by atoms with van der Waals surface area (Å²) in [5.41, 5.74) is 3.28. The van der Waals surface area contributed by atoms with Gasteiger partial charge in [0, 0.05) is 17.9 Å². The zero-order valence-electron chi connectivity index (χ0n) is 15.6. The molecule has 3 rings (SSSR count). The van der Waals surface area contributed by atoms with Gasteiger partial charge in [-0.25, -0.2) is 28.5 Å². The average Bonchev–Trinajstić information content (AvgIpc) is 2.89. The van der Waals surface area contributed by atoms with Crippen LogP contribution in [0.1, 0.15) is 31.4 Å². The summed E-state index contributed by atoms with van der Waals surface area (Å²) in [4.78, 5) is 13.5. The highest BCUT2D eigenvalue weighted by molar-refractivity contribution is 7.89. The van der Waals surface area contributed by atoms with Gasteiger partial charge in [-0.2, -0.15) is 0 Å². The largest absolute Gasteiger partial charge is 0.324 e. The van der Waals surface area contributed by atoms with Gasteiger partial charge in [-0.05, 0) is 58.0 Å². The summed E-state index contributed by atoms with van der Waals surface area (Å²) >= 11 is 0. The van der Waals surface area contributed by atoms with E-state index < -0.39 is 10.0 Å². The second-order valence-corrected chi connectivity index (χ2v) is 8.08. The number of nitrogens with one attached hydrogen (secondary N) is 1. The minimum atomic E-state index is -3.72. The third-order valence-corrected chi connectivity index (χ3v) is 5.04. The molecule has 2 aromatic heterocycles. The molecular formula is C18H22N6O2S. The number of hydrogen-bond acceptors (Lipinski definition) is 6. The summed E-state index contributed by atoms with van der Waals surface area (Å²) in [7, 11) is -3.72. The predicted octanol–water partition coefficient (Wildman–Crippen LogP) is 2.93. The molecule has 0 fully saturated rings. The molecule has 0 aliphatic heterocycles. The topological polar surface area (TPSA) is 116 Å². The van der Waals surface area contributed by atoms with E-state index in [2.05, 4.69) is 38.7 Å². The van der Waals surface area contributed by atoms with Gasteiger partial charge in [0.1, 0.15) is 5.82 Å². The molecule has 0 atom stereocenters. The Balaban J connectivity index is 1.93. The van der Waals surface area contributed by atoms with Gasteiger partial charge in [-0.1, -0.05) is 0 Å². The number of benzene rings is 1. The van der Waals surface area contributed by atoms with E-state index in [1.807, 2.05) is 19.9 Å². The molecule has 0 spiro atoms. The number of hydrogen-bond donors (Lipinski definition) is 2. The normalized spacial score (nSPS) is 11.8. The first-order chi connectivity index (χ1) is 12.7. The number of sulfonamides is 1. The third kappa shape index (κ3) is 3.99. The molecule has 27 heavy (non-hydrogen) atoms. The first-order valence-electron chi connectivity index (χ1n) is 8.45. The maximum absolute atomic E-state index is 11.3. The van der Waals surface area contributed by atoms with Crippen LogP contribution in [0.2, 0.25) is 0 Å². The van der Waals surface area contributed by atoms with E-state index >= 15 is 0 Å². The Morgan fingerprint density at radius 1 is 1.07 bits per heavy atom. The lowest BCUT2D eigenvalue weighted by atomic mass is 10.2. The van der Waals surface area contributed by atoms with Crippen LogP contribution in [0.15, 0.2) is 41.4 Å². The second kappa shape index (κ2) is 7.09. The summed E-state index contributed by atoms with van der Waals surface area (Å²) < 4.78 is 24.8. The Kier molecular flexibility index (Phi) is 4.99. The monoisotopic (exact) mass is 386 g/mol. The average molecular weight is 386 g/mol. The lowest BCUT2D eigenvalue weighted by molar-refractivity contribution is 0.587. The van der Waals surface area contributed by atoms with Gasteiger partial charge in [0.05, 0.1) is 22.0 Å². The van der Waals surface area contributed by atoms with Crippen molar-refractivity contribution >= 4 is 21.7 Å². The molecule has 0 saturated heterocycles. The molecule has 142 valence electrons. The van der Waals surface area contributed by atoms with Crippen molar-refractivity contribution < 1.29 is 8.42 Å². The number of rotatable bonds is 5. The fourth-order valence-electron chi connectivity index (χ4n) is 3.03. The highest BCUT2D eigenvalue weighted by Crippen LogP contribution is 2.27. The molecular weight excluding hydrogens is 364 g/mol. The van der Waals surface area contributed by atoms with Crippen LogP contribution in [0.3, 0.4) is 0 Å². The van der Waals surface area contributed by atoms with Gasteiger partial charge >= 0.3 is 0 Å². The van der Waals surface area contributed by atoms with E-state index in [1.165, 1.54) is 12.1 Å². The number of nitrogens with zero attached hydrogens (tertiary/aromatic N) is 4. The number of imidazole rings is 1. The summed E-state index contributed by atoms with van der Waals surface area (Å²) in [5.74, 6) is 1.34. The van der Waals surface area contributed by atoms with Crippen LogP contribution in [0.5, 0.6) is 0 Å². The van der Waals surface area contributed by atoms with E-state index in [0.29, 0.717) is 11.6 Å². The highest BCUT2D eigenvalue weighted by Gasteiger charge is 2.17. The van der Waals surface area contributed by atoms with Gasteiger partial charge in [0.25, 0.3) is 0 Å². The van der Waals surface area contributed by atoms with Crippen molar-refractivity contribution in [1.29, 1.82) is 0 Å². The van der Waals surface area contributed by atoms with Crippen LogP contribution in [0.25, 0.3) is 11.4 Å². The summed E-state index contributed by atoms with van der Waals surface area (Å²) in [6.45, 7) is 8.14. The molecule has 3 aromatic rings. The lowest BCUT2D eigenvalue weighted by Gasteiger charge is -2.15. The molecule has 0 radical (unpaired) electrons. The first kappa shape index (κ1) is 19.0. The van der Waals surface area contributed by atoms with Crippen molar-refractivity contribution in [2.75, 3.05) is 5.32 Å². The molecule has 0 unspecified atom stereocenters. The van der Waals surface area contributed by atoms with Crippen LogP contribution in [-0.2, 0) is 10.0 Å². The smallest absolute Gasteiger partial charge is 0.238 e. The summed E-state index contributed by atoms with van der Waals surface area (Å²) in [6, 6.07) is 8.19.